The lowest BCUT2D eigenvalue weighted by Crippen LogP contribution is -2.52. The Bertz CT molecular complexity index is 533. The molecule has 0 aliphatic carbocycles. The van der Waals surface area contributed by atoms with E-state index in [1.165, 1.54) is 4.90 Å². The molecule has 0 aromatic heterocycles. The first kappa shape index (κ1) is 16.9. The fourth-order valence-electron chi connectivity index (χ4n) is 2.09. The molecule has 1 heterocycles. The number of rotatable bonds is 6. The third-order valence-corrected chi connectivity index (χ3v) is 3.34. The highest BCUT2D eigenvalue weighted by atomic mass is 16.5. The van der Waals surface area contributed by atoms with Crippen LogP contribution in [0.15, 0.2) is 24.3 Å². The number of ether oxygens (including phenoxy) is 3. The average Bonchev–Trinajstić information content (AvgIpc) is 2.59. The Kier molecular flexibility index (Phi) is 6.04. The Hall–Kier alpha value is -2.48. The summed E-state index contributed by atoms with van der Waals surface area (Å²) in [5.41, 5.74) is 0. The van der Waals surface area contributed by atoms with Crippen molar-refractivity contribution in [1.82, 2.24) is 10.2 Å². The molecule has 1 aromatic carbocycles. The molecule has 8 nitrogen and oxygen atoms in total. The van der Waals surface area contributed by atoms with Gasteiger partial charge in [-0.3, -0.25) is 0 Å². The van der Waals surface area contributed by atoms with E-state index < -0.39 is 12.1 Å². The summed E-state index contributed by atoms with van der Waals surface area (Å²) in [7, 11) is 1.59. The number of carbonyl (C=O) groups is 2. The minimum absolute atomic E-state index is 0.0422. The number of morpholine rings is 1. The number of benzene rings is 1. The first-order valence-electron chi connectivity index (χ1n) is 7.24. The summed E-state index contributed by atoms with van der Waals surface area (Å²) in [5, 5.41) is 11.6. The Morgan fingerprint density at radius 2 is 2.04 bits per heavy atom. The van der Waals surface area contributed by atoms with Gasteiger partial charge in [0.2, 0.25) is 0 Å². The molecule has 8 heteroatoms. The molecular weight excluding hydrogens is 304 g/mol. The Labute approximate surface area is 133 Å². The predicted octanol–water partition coefficient (Wildman–Crippen LogP) is 0.569. The number of hydrogen-bond acceptors (Lipinski definition) is 5. The molecule has 23 heavy (non-hydrogen) atoms. The van der Waals surface area contributed by atoms with Gasteiger partial charge in [-0.05, 0) is 24.3 Å². The van der Waals surface area contributed by atoms with E-state index >= 15 is 0 Å². The molecular formula is C15H20N2O6. The molecule has 0 saturated carbocycles. The van der Waals surface area contributed by atoms with Gasteiger partial charge in [0, 0.05) is 6.54 Å². The van der Waals surface area contributed by atoms with Crippen molar-refractivity contribution < 1.29 is 28.9 Å². The summed E-state index contributed by atoms with van der Waals surface area (Å²) in [5.74, 6) is 0.355. The van der Waals surface area contributed by atoms with E-state index in [0.29, 0.717) is 25.4 Å². The number of nitrogens with zero attached hydrogens (tertiary/aromatic N) is 1. The fraction of sp³-hybridized carbons (Fsp3) is 0.467. The Morgan fingerprint density at radius 1 is 1.35 bits per heavy atom. The van der Waals surface area contributed by atoms with Gasteiger partial charge in [0.1, 0.15) is 18.1 Å². The van der Waals surface area contributed by atoms with Crippen LogP contribution in [-0.4, -0.2) is 68.1 Å². The van der Waals surface area contributed by atoms with E-state index in [4.69, 9.17) is 19.3 Å². The minimum atomic E-state index is -1.06. The smallest absolute Gasteiger partial charge is 0.334 e. The van der Waals surface area contributed by atoms with Crippen molar-refractivity contribution in [2.45, 2.75) is 6.10 Å². The van der Waals surface area contributed by atoms with Gasteiger partial charge in [-0.15, -0.1) is 0 Å². The van der Waals surface area contributed by atoms with Gasteiger partial charge in [-0.2, -0.15) is 0 Å². The highest BCUT2D eigenvalue weighted by Crippen LogP contribution is 2.16. The summed E-state index contributed by atoms with van der Waals surface area (Å²) in [6.07, 6.45) is -0.968. The van der Waals surface area contributed by atoms with Crippen molar-refractivity contribution in [2.24, 2.45) is 0 Å². The van der Waals surface area contributed by atoms with Crippen LogP contribution in [-0.2, 0) is 9.53 Å². The molecule has 1 aliphatic heterocycles. The summed E-state index contributed by atoms with van der Waals surface area (Å²) in [4.78, 5) is 24.3. The maximum Gasteiger partial charge on any atom is 0.334 e. The van der Waals surface area contributed by atoms with Crippen molar-refractivity contribution >= 4 is 12.0 Å². The molecule has 1 aromatic rings. The lowest BCUT2D eigenvalue weighted by atomic mass is 10.3. The summed E-state index contributed by atoms with van der Waals surface area (Å²) in [6, 6.07) is 6.81. The second-order valence-corrected chi connectivity index (χ2v) is 4.90. The van der Waals surface area contributed by atoms with Gasteiger partial charge in [0.05, 0.1) is 26.8 Å². The predicted molar refractivity (Wildman–Crippen MR) is 80.8 cm³/mol. The zero-order valence-electron chi connectivity index (χ0n) is 12.9. The molecule has 0 radical (unpaired) electrons. The quantitative estimate of drug-likeness (QED) is 0.743. The normalized spacial score (nSPS) is 17.4. The van der Waals surface area contributed by atoms with Gasteiger partial charge in [0.15, 0.2) is 6.10 Å². The number of methoxy groups -OCH3 is 1. The third-order valence-electron chi connectivity index (χ3n) is 3.34. The number of aliphatic carboxylic acids is 1. The monoisotopic (exact) mass is 324 g/mol. The van der Waals surface area contributed by atoms with Crippen LogP contribution in [0.25, 0.3) is 0 Å². The van der Waals surface area contributed by atoms with Crippen molar-refractivity contribution in [3.63, 3.8) is 0 Å². The molecule has 1 fully saturated rings. The second kappa shape index (κ2) is 8.23. The first-order valence-corrected chi connectivity index (χ1v) is 7.24. The zero-order chi connectivity index (χ0) is 16.7. The summed E-state index contributed by atoms with van der Waals surface area (Å²) in [6.45, 7) is 1.26. The van der Waals surface area contributed by atoms with Crippen LogP contribution >= 0.6 is 0 Å². The number of amides is 2. The molecule has 0 bridgehead atoms. The zero-order valence-corrected chi connectivity index (χ0v) is 12.9. The van der Waals surface area contributed by atoms with Gasteiger partial charge >= 0.3 is 12.0 Å². The Morgan fingerprint density at radius 3 is 2.70 bits per heavy atom. The molecule has 0 spiro atoms. The molecule has 1 unspecified atom stereocenters. The molecule has 2 N–H and O–H groups in total. The maximum absolute atomic E-state index is 12.0. The maximum atomic E-state index is 12.0. The summed E-state index contributed by atoms with van der Waals surface area (Å²) >= 11 is 0. The van der Waals surface area contributed by atoms with Crippen molar-refractivity contribution in [3.8, 4) is 11.5 Å². The molecule has 1 aliphatic rings. The second-order valence-electron chi connectivity index (χ2n) is 4.90. The van der Waals surface area contributed by atoms with E-state index in [-0.39, 0.29) is 19.2 Å². The minimum Gasteiger partial charge on any atom is -0.497 e. The van der Waals surface area contributed by atoms with Crippen LogP contribution in [0.2, 0.25) is 0 Å². The van der Waals surface area contributed by atoms with E-state index in [2.05, 4.69) is 5.32 Å². The van der Waals surface area contributed by atoms with Crippen molar-refractivity contribution in [1.29, 1.82) is 0 Å². The number of hydrogen-bond donors (Lipinski definition) is 2. The van der Waals surface area contributed by atoms with Crippen molar-refractivity contribution in [2.75, 3.05) is 40.0 Å². The van der Waals surface area contributed by atoms with Gasteiger partial charge < -0.3 is 29.5 Å². The first-order chi connectivity index (χ1) is 11.1. The molecule has 126 valence electrons. The van der Waals surface area contributed by atoms with E-state index in [9.17, 15) is 9.59 Å². The summed E-state index contributed by atoms with van der Waals surface area (Å²) < 4.78 is 15.6. The third kappa shape index (κ3) is 5.03. The molecule has 1 atom stereocenters. The largest absolute Gasteiger partial charge is 0.497 e. The fourth-order valence-corrected chi connectivity index (χ4v) is 2.09. The van der Waals surface area contributed by atoms with Crippen LogP contribution in [0.1, 0.15) is 0 Å². The highest BCUT2D eigenvalue weighted by Gasteiger charge is 2.28. The number of carbonyl (C=O) groups excluding carboxylic acids is 1. The van der Waals surface area contributed by atoms with Gasteiger partial charge in [0.25, 0.3) is 0 Å². The van der Waals surface area contributed by atoms with Crippen LogP contribution in [0.3, 0.4) is 0 Å². The molecule has 2 rings (SSSR count). The number of nitrogens with one attached hydrogen (secondary N) is 1. The van der Waals surface area contributed by atoms with Crippen LogP contribution < -0.4 is 14.8 Å². The van der Waals surface area contributed by atoms with Crippen LogP contribution in [0.4, 0.5) is 4.79 Å². The highest BCUT2D eigenvalue weighted by molar-refractivity contribution is 5.77. The number of urea groups is 1. The number of carboxylic acids is 1. The number of carboxylic acid groups (broad SMARTS) is 1. The van der Waals surface area contributed by atoms with E-state index in [1.54, 1.807) is 31.4 Å². The molecule has 2 amide bonds. The van der Waals surface area contributed by atoms with Crippen LogP contribution in [0.5, 0.6) is 11.5 Å². The van der Waals surface area contributed by atoms with Crippen LogP contribution in [0, 0.1) is 0 Å². The topological polar surface area (TPSA) is 97.3 Å². The van der Waals surface area contributed by atoms with E-state index in [0.717, 1.165) is 5.75 Å². The average molecular weight is 324 g/mol. The van der Waals surface area contributed by atoms with E-state index in [1.807, 2.05) is 0 Å². The lowest BCUT2D eigenvalue weighted by molar-refractivity contribution is -0.154. The van der Waals surface area contributed by atoms with Crippen molar-refractivity contribution in [3.05, 3.63) is 24.3 Å². The standard InChI is InChI=1S/C15H20N2O6/c1-21-11-2-4-12(5-3-11)22-8-6-16-15(20)17-7-9-23-13(10-17)14(18)19/h2-5,13H,6-10H2,1H3,(H,16,20)(H,18,19). The lowest BCUT2D eigenvalue weighted by Gasteiger charge is -2.30. The Balaban J connectivity index is 1.68. The molecule has 1 saturated heterocycles. The van der Waals surface area contributed by atoms with Gasteiger partial charge in [-0.25, -0.2) is 9.59 Å². The SMILES string of the molecule is COc1ccc(OCCNC(=O)N2CCOC(C(=O)O)C2)cc1. The van der Waals surface area contributed by atoms with Gasteiger partial charge in [-0.1, -0.05) is 0 Å².